The summed E-state index contributed by atoms with van der Waals surface area (Å²) in [4.78, 5) is 2.46. The molecule has 0 aliphatic carbocycles. The molecule has 17 heavy (non-hydrogen) atoms. The molecule has 1 aliphatic rings. The van der Waals surface area contributed by atoms with Crippen LogP contribution in [0.4, 0.5) is 5.69 Å². The molecule has 0 spiro atoms. The molecule has 0 bridgehead atoms. The summed E-state index contributed by atoms with van der Waals surface area (Å²) in [6.07, 6.45) is 3.25. The Bertz CT molecular complexity index is 501. The average Bonchev–Trinajstić information content (AvgIpc) is 2.28. The maximum absolute atomic E-state index is 11.7. The Labute approximate surface area is 107 Å². The zero-order chi connectivity index (χ0) is 12.5. The van der Waals surface area contributed by atoms with Gasteiger partial charge in [0.05, 0.1) is 16.0 Å². The summed E-state index contributed by atoms with van der Waals surface area (Å²) in [5, 5.41) is 0.108. The van der Waals surface area contributed by atoms with Gasteiger partial charge in [-0.15, -0.1) is 11.6 Å². The maximum atomic E-state index is 11.7. The van der Waals surface area contributed by atoms with E-state index in [0.29, 0.717) is 11.4 Å². The first-order chi connectivity index (χ1) is 7.98. The first kappa shape index (κ1) is 12.7. The minimum absolute atomic E-state index is 0.108. The van der Waals surface area contributed by atoms with E-state index in [4.69, 9.17) is 11.6 Å². The van der Waals surface area contributed by atoms with Crippen LogP contribution in [0.25, 0.3) is 0 Å². The van der Waals surface area contributed by atoms with Crippen molar-refractivity contribution in [2.75, 3.05) is 24.2 Å². The zero-order valence-electron chi connectivity index (χ0n) is 9.77. The molecule has 0 N–H and O–H groups in total. The molecular weight excluding hydrogens is 258 g/mol. The van der Waals surface area contributed by atoms with Gasteiger partial charge in [-0.1, -0.05) is 12.1 Å². The van der Waals surface area contributed by atoms with Crippen LogP contribution in [0.1, 0.15) is 12.8 Å². The number of benzene rings is 1. The van der Waals surface area contributed by atoms with E-state index in [1.165, 1.54) is 6.26 Å². The number of sulfone groups is 1. The molecule has 1 atom stereocenters. The second kappa shape index (κ2) is 4.86. The number of nitrogens with zero attached hydrogens (tertiary/aromatic N) is 1. The van der Waals surface area contributed by atoms with E-state index in [0.717, 1.165) is 25.1 Å². The van der Waals surface area contributed by atoms with Crippen molar-refractivity contribution in [3.63, 3.8) is 0 Å². The lowest BCUT2D eigenvalue weighted by Crippen LogP contribution is -2.36. The Hall–Kier alpha value is -0.740. The van der Waals surface area contributed by atoms with Gasteiger partial charge in [0.2, 0.25) is 0 Å². The third-order valence-corrected chi connectivity index (χ3v) is 4.47. The number of para-hydroxylation sites is 1. The molecule has 5 heteroatoms. The van der Waals surface area contributed by atoms with Crippen LogP contribution in [0, 0.1) is 0 Å². The van der Waals surface area contributed by atoms with Gasteiger partial charge in [0, 0.05) is 19.3 Å². The lowest BCUT2D eigenvalue weighted by Gasteiger charge is -2.32. The number of hydrogen-bond acceptors (Lipinski definition) is 3. The van der Waals surface area contributed by atoms with Gasteiger partial charge in [-0.2, -0.15) is 0 Å². The number of hydrogen-bond donors (Lipinski definition) is 0. The number of alkyl halides is 1. The summed E-state index contributed by atoms with van der Waals surface area (Å²) in [6, 6.07) is 7.12. The highest BCUT2D eigenvalue weighted by Gasteiger charge is 2.22. The highest BCUT2D eigenvalue weighted by Crippen LogP contribution is 2.28. The van der Waals surface area contributed by atoms with Crippen molar-refractivity contribution in [3.05, 3.63) is 24.3 Å². The van der Waals surface area contributed by atoms with E-state index in [1.807, 2.05) is 12.1 Å². The number of rotatable bonds is 2. The van der Waals surface area contributed by atoms with Crippen LogP contribution in [0.5, 0.6) is 0 Å². The van der Waals surface area contributed by atoms with Crippen LogP contribution in [-0.2, 0) is 9.84 Å². The minimum atomic E-state index is -3.19. The minimum Gasteiger partial charge on any atom is -0.369 e. The highest BCUT2D eigenvalue weighted by atomic mass is 35.5. The predicted octanol–water partition coefficient (Wildman–Crippen LogP) is 2.30. The lowest BCUT2D eigenvalue weighted by molar-refractivity contribution is 0.577. The molecule has 1 aliphatic heterocycles. The second-order valence-electron chi connectivity index (χ2n) is 4.43. The SMILES string of the molecule is CS(=O)(=O)c1ccccc1N1CCCC(Cl)C1. The molecule has 3 nitrogen and oxygen atoms in total. The third-order valence-electron chi connectivity index (χ3n) is 2.97. The molecule has 0 radical (unpaired) electrons. The van der Waals surface area contributed by atoms with Gasteiger partial charge in [-0.05, 0) is 25.0 Å². The molecule has 1 aromatic rings. The first-order valence-corrected chi connectivity index (χ1v) is 7.99. The van der Waals surface area contributed by atoms with Crippen LogP contribution in [0.15, 0.2) is 29.2 Å². The van der Waals surface area contributed by atoms with Gasteiger partial charge in [0.15, 0.2) is 9.84 Å². The summed E-state index contributed by atoms with van der Waals surface area (Å²) < 4.78 is 23.4. The molecule has 1 fully saturated rings. The molecule has 94 valence electrons. The van der Waals surface area contributed by atoms with Crippen molar-refractivity contribution in [2.24, 2.45) is 0 Å². The van der Waals surface area contributed by atoms with Crippen molar-refractivity contribution < 1.29 is 8.42 Å². The van der Waals surface area contributed by atoms with Gasteiger partial charge in [-0.25, -0.2) is 8.42 Å². The third kappa shape index (κ3) is 2.93. The van der Waals surface area contributed by atoms with Gasteiger partial charge in [0.1, 0.15) is 0 Å². The van der Waals surface area contributed by atoms with Gasteiger partial charge in [0.25, 0.3) is 0 Å². The number of halogens is 1. The molecule has 1 unspecified atom stereocenters. The standard InChI is InChI=1S/C12H16ClNO2S/c1-17(15,16)12-7-3-2-6-11(12)14-8-4-5-10(13)9-14/h2-3,6-7,10H,4-5,8-9H2,1H3. The molecule has 0 amide bonds. The normalized spacial score (nSPS) is 21.5. The highest BCUT2D eigenvalue weighted by molar-refractivity contribution is 7.90. The Kier molecular flexibility index (Phi) is 3.64. The van der Waals surface area contributed by atoms with E-state index in [1.54, 1.807) is 12.1 Å². The van der Waals surface area contributed by atoms with Crippen molar-refractivity contribution in [1.29, 1.82) is 0 Å². The van der Waals surface area contributed by atoms with Gasteiger partial charge < -0.3 is 4.90 Å². The summed E-state index contributed by atoms with van der Waals surface area (Å²) in [5.74, 6) is 0. The molecule has 1 saturated heterocycles. The molecule has 2 rings (SSSR count). The van der Waals surface area contributed by atoms with Crippen LogP contribution in [0.3, 0.4) is 0 Å². The van der Waals surface area contributed by atoms with E-state index < -0.39 is 9.84 Å². The fourth-order valence-electron chi connectivity index (χ4n) is 2.18. The fourth-order valence-corrected chi connectivity index (χ4v) is 3.40. The van der Waals surface area contributed by atoms with Crippen molar-refractivity contribution >= 4 is 27.1 Å². The fraction of sp³-hybridized carbons (Fsp3) is 0.500. The molecular formula is C12H16ClNO2S. The largest absolute Gasteiger partial charge is 0.369 e. The summed E-state index contributed by atoms with van der Waals surface area (Å²) in [5.41, 5.74) is 0.778. The first-order valence-electron chi connectivity index (χ1n) is 5.66. The van der Waals surface area contributed by atoms with E-state index in [9.17, 15) is 8.42 Å². The summed E-state index contributed by atoms with van der Waals surface area (Å²) in [6.45, 7) is 1.59. The smallest absolute Gasteiger partial charge is 0.177 e. The van der Waals surface area contributed by atoms with Crippen molar-refractivity contribution in [3.8, 4) is 0 Å². The Balaban J connectivity index is 2.38. The van der Waals surface area contributed by atoms with Gasteiger partial charge >= 0.3 is 0 Å². The van der Waals surface area contributed by atoms with Crippen LogP contribution in [-0.4, -0.2) is 33.1 Å². The Morgan fingerprint density at radius 3 is 2.71 bits per heavy atom. The Morgan fingerprint density at radius 1 is 1.35 bits per heavy atom. The quantitative estimate of drug-likeness (QED) is 0.776. The van der Waals surface area contributed by atoms with Crippen LogP contribution >= 0.6 is 11.6 Å². The summed E-state index contributed by atoms with van der Waals surface area (Å²) >= 11 is 6.14. The van der Waals surface area contributed by atoms with Crippen molar-refractivity contribution in [1.82, 2.24) is 0 Å². The number of anilines is 1. The number of piperidine rings is 1. The van der Waals surface area contributed by atoms with E-state index >= 15 is 0 Å². The van der Waals surface area contributed by atoms with Crippen LogP contribution < -0.4 is 4.90 Å². The predicted molar refractivity (Wildman–Crippen MR) is 70.6 cm³/mol. The molecule has 0 saturated carbocycles. The molecule has 1 heterocycles. The van der Waals surface area contributed by atoms with Crippen molar-refractivity contribution in [2.45, 2.75) is 23.1 Å². The summed E-state index contributed by atoms with van der Waals surface area (Å²) in [7, 11) is -3.19. The molecule has 1 aromatic carbocycles. The topological polar surface area (TPSA) is 37.4 Å². The monoisotopic (exact) mass is 273 g/mol. The van der Waals surface area contributed by atoms with E-state index in [2.05, 4.69) is 4.90 Å². The van der Waals surface area contributed by atoms with Gasteiger partial charge in [-0.3, -0.25) is 0 Å². The van der Waals surface area contributed by atoms with Crippen LogP contribution in [0.2, 0.25) is 0 Å². The molecule has 0 aromatic heterocycles. The average molecular weight is 274 g/mol. The lowest BCUT2D eigenvalue weighted by atomic mass is 10.1. The Morgan fingerprint density at radius 2 is 2.06 bits per heavy atom. The zero-order valence-corrected chi connectivity index (χ0v) is 11.3. The maximum Gasteiger partial charge on any atom is 0.177 e. The van der Waals surface area contributed by atoms with E-state index in [-0.39, 0.29) is 5.38 Å². The second-order valence-corrected chi connectivity index (χ2v) is 7.03.